The zero-order valence-electron chi connectivity index (χ0n) is 24.7. The van der Waals surface area contributed by atoms with E-state index in [-0.39, 0.29) is 35.3 Å². The summed E-state index contributed by atoms with van der Waals surface area (Å²) in [6, 6.07) is 13.3. The minimum Gasteiger partial charge on any atom is -0.484 e. The van der Waals surface area contributed by atoms with Crippen molar-refractivity contribution in [2.45, 2.75) is 88.3 Å². The molecule has 2 bridgehead atoms. The van der Waals surface area contributed by atoms with Crippen LogP contribution in [0.4, 0.5) is 0 Å². The van der Waals surface area contributed by atoms with Gasteiger partial charge in [0.15, 0.2) is 11.5 Å². The zero-order valence-corrected chi connectivity index (χ0v) is 25.6. The largest absolute Gasteiger partial charge is 0.484 e. The van der Waals surface area contributed by atoms with Crippen LogP contribution >= 0.6 is 0 Å². The van der Waals surface area contributed by atoms with E-state index in [1.54, 1.807) is 4.31 Å². The lowest BCUT2D eigenvalue weighted by Crippen LogP contribution is -2.69. The number of esters is 1. The van der Waals surface area contributed by atoms with Crippen molar-refractivity contribution in [1.29, 1.82) is 0 Å². The van der Waals surface area contributed by atoms with Crippen molar-refractivity contribution >= 4 is 16.0 Å². The molecule has 0 aromatic heterocycles. The fourth-order valence-corrected chi connectivity index (χ4v) is 10.7. The van der Waals surface area contributed by atoms with Crippen molar-refractivity contribution in [1.82, 2.24) is 9.21 Å². The summed E-state index contributed by atoms with van der Waals surface area (Å²) in [6.45, 7) is 7.75. The van der Waals surface area contributed by atoms with Crippen LogP contribution in [0.15, 0.2) is 42.5 Å². The molecule has 2 saturated carbocycles. The summed E-state index contributed by atoms with van der Waals surface area (Å²) >= 11 is 0. The lowest BCUT2D eigenvalue weighted by atomic mass is 9.51. The van der Waals surface area contributed by atoms with Gasteiger partial charge in [-0.1, -0.05) is 50.2 Å². The molecule has 1 spiro atoms. The normalized spacial score (nSPS) is 32.9. The molecule has 226 valence electrons. The number of sulfonamides is 1. The molecule has 7 atom stereocenters. The van der Waals surface area contributed by atoms with Crippen molar-refractivity contribution in [3.05, 3.63) is 59.2 Å². The minimum atomic E-state index is -3.66. The molecule has 2 aromatic carbocycles. The van der Waals surface area contributed by atoms with E-state index in [9.17, 15) is 18.3 Å². The highest BCUT2D eigenvalue weighted by Crippen LogP contribution is 2.64. The van der Waals surface area contributed by atoms with Gasteiger partial charge < -0.3 is 14.6 Å². The van der Waals surface area contributed by atoms with E-state index in [0.717, 1.165) is 56.3 Å². The molecule has 2 aromatic rings. The topological polar surface area (TPSA) is 96.4 Å². The molecule has 1 saturated heterocycles. The van der Waals surface area contributed by atoms with Crippen LogP contribution in [0.3, 0.4) is 0 Å². The van der Waals surface area contributed by atoms with Crippen molar-refractivity contribution < 1.29 is 27.8 Å². The van der Waals surface area contributed by atoms with Crippen LogP contribution in [0.25, 0.3) is 0 Å². The van der Waals surface area contributed by atoms with Crippen LogP contribution in [0.1, 0.15) is 63.1 Å². The first kappa shape index (κ1) is 28.3. The first-order chi connectivity index (χ1) is 20.1. The lowest BCUT2D eigenvalue weighted by molar-refractivity contribution is -0.132. The monoisotopic (exact) mass is 594 g/mol. The number of carbonyl (C=O) groups is 1. The SMILES string of the molecule is CC(=O)Oc1ccc2c3c1O[C@H]1[C@@H](N(CC(C)C)S(=O)(=O)Cc4ccccc4)CC[C@H]4[C@@H](C2)N(CC2CC2O)CC[C@@]341. The average molecular weight is 595 g/mol. The van der Waals surface area contributed by atoms with Gasteiger partial charge in [0.05, 0.1) is 17.9 Å². The predicted octanol–water partition coefficient (Wildman–Crippen LogP) is 3.89. The van der Waals surface area contributed by atoms with Crippen molar-refractivity contribution in [2.24, 2.45) is 17.8 Å². The van der Waals surface area contributed by atoms with Gasteiger partial charge in [0.2, 0.25) is 10.0 Å². The van der Waals surface area contributed by atoms with E-state index in [4.69, 9.17) is 9.47 Å². The third-order valence-corrected chi connectivity index (χ3v) is 12.3. The zero-order chi connectivity index (χ0) is 29.4. The van der Waals surface area contributed by atoms with Crippen molar-refractivity contribution in [3.8, 4) is 11.5 Å². The molecule has 42 heavy (non-hydrogen) atoms. The molecule has 7 rings (SSSR count). The number of carbonyl (C=O) groups excluding carboxylic acids is 1. The maximum absolute atomic E-state index is 14.2. The Bertz CT molecular complexity index is 1480. The Labute approximate surface area is 249 Å². The Kier molecular flexibility index (Phi) is 6.96. The minimum absolute atomic E-state index is 0.0444. The average Bonchev–Trinajstić information content (AvgIpc) is 3.51. The number of rotatable bonds is 9. The molecular formula is C33H42N2O6S. The van der Waals surface area contributed by atoms with E-state index in [1.165, 1.54) is 12.5 Å². The Hall–Kier alpha value is -2.46. The summed E-state index contributed by atoms with van der Waals surface area (Å²) in [7, 11) is -3.66. The fraction of sp³-hybridized carbons (Fsp3) is 0.606. The Morgan fingerprint density at radius 2 is 1.95 bits per heavy atom. The number of aliphatic hydroxyl groups is 1. The number of piperidine rings is 1. The van der Waals surface area contributed by atoms with Crippen LogP contribution in [0.2, 0.25) is 0 Å². The summed E-state index contributed by atoms with van der Waals surface area (Å²) in [5, 5.41) is 10.1. The second kappa shape index (κ2) is 10.3. The number of nitrogens with zero attached hydrogens (tertiary/aromatic N) is 2. The third-order valence-electron chi connectivity index (χ3n) is 10.5. The maximum Gasteiger partial charge on any atom is 0.308 e. The van der Waals surface area contributed by atoms with Crippen LogP contribution < -0.4 is 9.47 Å². The molecule has 0 amide bonds. The highest BCUT2D eigenvalue weighted by atomic mass is 32.2. The van der Waals surface area contributed by atoms with E-state index in [0.29, 0.717) is 35.9 Å². The van der Waals surface area contributed by atoms with E-state index < -0.39 is 16.0 Å². The van der Waals surface area contributed by atoms with Gasteiger partial charge in [-0.3, -0.25) is 9.69 Å². The third kappa shape index (κ3) is 4.59. The molecule has 5 aliphatic rings. The number of hydrogen-bond donors (Lipinski definition) is 1. The molecule has 2 aliphatic heterocycles. The molecule has 9 heteroatoms. The number of likely N-dealkylation sites (tertiary alicyclic amines) is 1. The summed E-state index contributed by atoms with van der Waals surface area (Å²) < 4.78 is 42.8. The number of benzene rings is 2. The fourth-order valence-electron chi connectivity index (χ4n) is 8.76. The summed E-state index contributed by atoms with van der Waals surface area (Å²) in [5.41, 5.74) is 2.80. The van der Waals surface area contributed by atoms with E-state index >= 15 is 0 Å². The van der Waals surface area contributed by atoms with Crippen molar-refractivity contribution in [2.75, 3.05) is 19.6 Å². The van der Waals surface area contributed by atoms with E-state index in [1.807, 2.05) is 36.4 Å². The summed E-state index contributed by atoms with van der Waals surface area (Å²) in [4.78, 5) is 14.7. The first-order valence-corrected chi connectivity index (χ1v) is 17.2. The van der Waals surface area contributed by atoms with Gasteiger partial charge in [0, 0.05) is 43.0 Å². The predicted molar refractivity (Wildman–Crippen MR) is 159 cm³/mol. The number of hydrogen-bond acceptors (Lipinski definition) is 7. The lowest BCUT2D eigenvalue weighted by Gasteiger charge is -2.60. The van der Waals surface area contributed by atoms with Gasteiger partial charge >= 0.3 is 5.97 Å². The quantitative estimate of drug-likeness (QED) is 0.348. The van der Waals surface area contributed by atoms with Crippen LogP contribution in [0.5, 0.6) is 11.5 Å². The van der Waals surface area contributed by atoms with Gasteiger partial charge in [-0.25, -0.2) is 8.42 Å². The summed E-state index contributed by atoms with van der Waals surface area (Å²) in [5.74, 6) is 1.44. The Balaban J connectivity index is 1.31. The highest BCUT2D eigenvalue weighted by molar-refractivity contribution is 7.88. The van der Waals surface area contributed by atoms with Gasteiger partial charge in [-0.15, -0.1) is 0 Å². The highest BCUT2D eigenvalue weighted by Gasteiger charge is 2.67. The van der Waals surface area contributed by atoms with Gasteiger partial charge in [-0.2, -0.15) is 4.31 Å². The molecule has 8 nitrogen and oxygen atoms in total. The number of aliphatic hydroxyl groups excluding tert-OH is 1. The second-order valence-corrected chi connectivity index (χ2v) is 15.6. The van der Waals surface area contributed by atoms with E-state index in [2.05, 4.69) is 24.8 Å². The van der Waals surface area contributed by atoms with Crippen LogP contribution in [0, 0.1) is 17.8 Å². The molecule has 3 aliphatic carbocycles. The second-order valence-electron chi connectivity index (χ2n) is 13.6. The van der Waals surface area contributed by atoms with Gasteiger partial charge in [0.25, 0.3) is 0 Å². The maximum atomic E-state index is 14.2. The Morgan fingerprint density at radius 3 is 2.64 bits per heavy atom. The molecule has 2 heterocycles. The van der Waals surface area contributed by atoms with Crippen molar-refractivity contribution in [3.63, 3.8) is 0 Å². The molecule has 0 radical (unpaired) electrons. The van der Waals surface area contributed by atoms with Crippen LogP contribution in [-0.2, 0) is 32.4 Å². The van der Waals surface area contributed by atoms with Crippen LogP contribution in [-0.4, -0.2) is 72.6 Å². The molecule has 2 unspecified atom stereocenters. The summed E-state index contributed by atoms with van der Waals surface area (Å²) in [6.07, 6.45) is 3.71. The molecular weight excluding hydrogens is 552 g/mol. The molecule has 1 N–H and O–H groups in total. The van der Waals surface area contributed by atoms with Gasteiger partial charge in [-0.05, 0) is 67.7 Å². The van der Waals surface area contributed by atoms with Gasteiger partial charge in [0.1, 0.15) is 6.10 Å². The smallest absolute Gasteiger partial charge is 0.308 e. The molecule has 3 fully saturated rings. The Morgan fingerprint density at radius 1 is 1.19 bits per heavy atom. The standard InChI is InChI=1S/C33H42N2O6S/c1-20(2)17-35(42(38,39)19-22-7-5-4-6-8-22)26-11-10-25-27-15-23-9-12-29(40-21(3)36)31-30(23)33(25,32(26)41-31)13-14-34(27)18-24-16-28(24)37/h4-9,12,20,24-28,32,37H,10-11,13-19H2,1-3H3/t24?,25-,26-,27+,28?,32-,33-/m0/s1. The first-order valence-electron chi connectivity index (χ1n) is 15.6. The number of ether oxygens (including phenoxy) is 2.